The molecule has 90 valence electrons. The normalized spacial score (nSPS) is 10.6. The summed E-state index contributed by atoms with van der Waals surface area (Å²) in [6, 6.07) is 0.300. The minimum absolute atomic E-state index is 0.300. The Morgan fingerprint density at radius 1 is 1.56 bits per heavy atom. The minimum atomic E-state index is 0.300. The second-order valence-corrected chi connectivity index (χ2v) is 4.46. The van der Waals surface area contributed by atoms with E-state index in [9.17, 15) is 0 Å². The van der Waals surface area contributed by atoms with Crippen LogP contribution in [0.2, 0.25) is 0 Å². The highest BCUT2D eigenvalue weighted by atomic mass is 79.9. The zero-order valence-corrected chi connectivity index (χ0v) is 11.4. The van der Waals surface area contributed by atoms with E-state index in [0.717, 1.165) is 11.0 Å². The fraction of sp³-hybridized carbons (Fsp3) is 0.600. The van der Waals surface area contributed by atoms with Crippen LogP contribution in [-0.2, 0) is 0 Å². The quantitative estimate of drug-likeness (QED) is 0.888. The van der Waals surface area contributed by atoms with Crippen molar-refractivity contribution in [1.82, 2.24) is 9.97 Å². The predicted molar refractivity (Wildman–Crippen MR) is 67.8 cm³/mol. The van der Waals surface area contributed by atoms with Crippen molar-refractivity contribution in [1.29, 1.82) is 0 Å². The lowest BCUT2D eigenvalue weighted by Crippen LogP contribution is -2.36. The van der Waals surface area contributed by atoms with Crippen LogP contribution >= 0.6 is 15.9 Å². The molecule has 0 unspecified atom stereocenters. The van der Waals surface area contributed by atoms with Gasteiger partial charge in [0.15, 0.2) is 0 Å². The van der Waals surface area contributed by atoms with Crippen molar-refractivity contribution in [2.24, 2.45) is 5.73 Å². The average Bonchev–Trinajstić information content (AvgIpc) is 2.26. The summed E-state index contributed by atoms with van der Waals surface area (Å²) >= 11 is 3.32. The fourth-order valence-corrected chi connectivity index (χ4v) is 1.71. The molecule has 0 aliphatic rings. The summed E-state index contributed by atoms with van der Waals surface area (Å²) in [5.74, 6) is 1.17. The van der Waals surface area contributed by atoms with Gasteiger partial charge in [-0.1, -0.05) is 0 Å². The van der Waals surface area contributed by atoms with Crippen LogP contribution in [0.25, 0.3) is 0 Å². The zero-order valence-electron chi connectivity index (χ0n) is 9.77. The van der Waals surface area contributed by atoms with Crippen molar-refractivity contribution in [2.45, 2.75) is 19.9 Å². The second kappa shape index (κ2) is 6.00. The highest BCUT2D eigenvalue weighted by Crippen LogP contribution is 2.23. The largest absolute Gasteiger partial charge is 0.480 e. The van der Waals surface area contributed by atoms with E-state index in [1.54, 1.807) is 13.3 Å². The van der Waals surface area contributed by atoms with E-state index in [4.69, 9.17) is 10.5 Å². The van der Waals surface area contributed by atoms with Crippen LogP contribution in [0, 0.1) is 0 Å². The molecule has 0 fully saturated rings. The third-order valence-corrected chi connectivity index (χ3v) is 2.69. The first kappa shape index (κ1) is 13.2. The van der Waals surface area contributed by atoms with Gasteiger partial charge in [0, 0.05) is 19.1 Å². The number of nitrogens with zero attached hydrogens (tertiary/aromatic N) is 3. The summed E-state index contributed by atoms with van der Waals surface area (Å²) in [6.07, 6.45) is 1.69. The molecule has 1 aromatic rings. The number of hydrogen-bond acceptors (Lipinski definition) is 5. The number of ether oxygens (including phenoxy) is 1. The fourth-order valence-electron chi connectivity index (χ4n) is 1.35. The molecule has 0 saturated heterocycles. The molecular weight excluding hydrogens is 272 g/mol. The molecule has 0 saturated carbocycles. The van der Waals surface area contributed by atoms with Gasteiger partial charge < -0.3 is 15.4 Å². The van der Waals surface area contributed by atoms with Gasteiger partial charge in [-0.15, -0.1) is 0 Å². The summed E-state index contributed by atoms with van der Waals surface area (Å²) in [6.45, 7) is 5.45. The maximum absolute atomic E-state index is 5.57. The molecule has 0 bridgehead atoms. The number of anilines is 1. The lowest BCUT2D eigenvalue weighted by molar-refractivity contribution is 0.393. The molecular formula is C10H17BrN4O. The lowest BCUT2D eigenvalue weighted by Gasteiger charge is -2.26. The topological polar surface area (TPSA) is 64.3 Å². The monoisotopic (exact) mass is 288 g/mol. The molecule has 0 aliphatic carbocycles. The maximum Gasteiger partial charge on any atom is 0.232 e. The van der Waals surface area contributed by atoms with E-state index in [1.165, 1.54) is 0 Å². The molecule has 5 nitrogen and oxygen atoms in total. The lowest BCUT2D eigenvalue weighted by atomic mass is 10.3. The SMILES string of the molecule is COc1nc(N(CCN)C(C)C)ncc1Br. The summed E-state index contributed by atoms with van der Waals surface area (Å²) < 4.78 is 5.88. The molecule has 0 amide bonds. The van der Waals surface area contributed by atoms with Gasteiger partial charge in [-0.3, -0.25) is 0 Å². The number of halogens is 1. The summed E-state index contributed by atoms with van der Waals surface area (Å²) in [5, 5.41) is 0. The van der Waals surface area contributed by atoms with Crippen molar-refractivity contribution < 1.29 is 4.74 Å². The van der Waals surface area contributed by atoms with Crippen LogP contribution in [0.1, 0.15) is 13.8 Å². The van der Waals surface area contributed by atoms with Crippen LogP contribution in [-0.4, -0.2) is 36.2 Å². The van der Waals surface area contributed by atoms with Crippen molar-refractivity contribution in [2.75, 3.05) is 25.1 Å². The molecule has 0 atom stereocenters. The molecule has 1 aromatic heterocycles. The first-order chi connectivity index (χ1) is 7.60. The molecule has 0 aliphatic heterocycles. The summed E-state index contributed by atoms with van der Waals surface area (Å²) in [4.78, 5) is 10.6. The van der Waals surface area contributed by atoms with Gasteiger partial charge in [0.05, 0.1) is 17.8 Å². The Morgan fingerprint density at radius 3 is 2.75 bits per heavy atom. The number of rotatable bonds is 5. The number of aromatic nitrogens is 2. The number of hydrogen-bond donors (Lipinski definition) is 1. The molecule has 2 N–H and O–H groups in total. The van der Waals surface area contributed by atoms with Crippen LogP contribution in [0.15, 0.2) is 10.7 Å². The van der Waals surface area contributed by atoms with Crippen molar-refractivity contribution in [3.8, 4) is 5.88 Å². The molecule has 0 radical (unpaired) electrons. The molecule has 1 heterocycles. The first-order valence-corrected chi connectivity index (χ1v) is 5.92. The second-order valence-electron chi connectivity index (χ2n) is 3.60. The van der Waals surface area contributed by atoms with E-state index < -0.39 is 0 Å². The van der Waals surface area contributed by atoms with E-state index in [2.05, 4.69) is 39.7 Å². The number of methoxy groups -OCH3 is 1. The Kier molecular flexibility index (Phi) is 4.95. The maximum atomic E-state index is 5.57. The third kappa shape index (κ3) is 3.05. The van der Waals surface area contributed by atoms with Crippen LogP contribution < -0.4 is 15.4 Å². The average molecular weight is 289 g/mol. The van der Waals surface area contributed by atoms with Gasteiger partial charge in [0.1, 0.15) is 0 Å². The van der Waals surface area contributed by atoms with E-state index in [-0.39, 0.29) is 0 Å². The highest BCUT2D eigenvalue weighted by molar-refractivity contribution is 9.10. The smallest absolute Gasteiger partial charge is 0.232 e. The van der Waals surface area contributed by atoms with Gasteiger partial charge in [-0.05, 0) is 29.8 Å². The molecule has 6 heteroatoms. The first-order valence-electron chi connectivity index (χ1n) is 5.13. The van der Waals surface area contributed by atoms with Gasteiger partial charge in [0.2, 0.25) is 11.8 Å². The molecule has 16 heavy (non-hydrogen) atoms. The number of nitrogens with two attached hydrogens (primary N) is 1. The van der Waals surface area contributed by atoms with Crippen molar-refractivity contribution >= 4 is 21.9 Å². The van der Waals surface area contributed by atoms with E-state index in [0.29, 0.717) is 24.4 Å². The van der Waals surface area contributed by atoms with Crippen molar-refractivity contribution in [3.05, 3.63) is 10.7 Å². The molecule has 0 spiro atoms. The van der Waals surface area contributed by atoms with Crippen LogP contribution in [0.3, 0.4) is 0 Å². The van der Waals surface area contributed by atoms with Gasteiger partial charge in [0.25, 0.3) is 0 Å². The third-order valence-electron chi connectivity index (χ3n) is 2.14. The summed E-state index contributed by atoms with van der Waals surface area (Å²) in [7, 11) is 1.58. The van der Waals surface area contributed by atoms with Gasteiger partial charge in [-0.25, -0.2) is 4.98 Å². The van der Waals surface area contributed by atoms with Crippen LogP contribution in [0.5, 0.6) is 5.88 Å². The Morgan fingerprint density at radius 2 is 2.25 bits per heavy atom. The summed E-state index contributed by atoms with van der Waals surface area (Å²) in [5.41, 5.74) is 5.57. The Hall–Kier alpha value is -0.880. The zero-order chi connectivity index (χ0) is 12.1. The van der Waals surface area contributed by atoms with Crippen LogP contribution in [0.4, 0.5) is 5.95 Å². The van der Waals surface area contributed by atoms with Gasteiger partial charge >= 0.3 is 0 Å². The Bertz CT molecular complexity index is 346. The van der Waals surface area contributed by atoms with E-state index in [1.807, 2.05) is 4.90 Å². The molecule has 1 rings (SSSR count). The molecule has 0 aromatic carbocycles. The Labute approximate surface area is 104 Å². The predicted octanol–water partition coefficient (Wildman–Crippen LogP) is 1.42. The standard InChI is InChI=1S/C10H17BrN4O/c1-7(2)15(5-4-12)10-13-6-8(11)9(14-10)16-3/h6-7H,4-5,12H2,1-3H3. The Balaban J connectivity index is 3.00. The minimum Gasteiger partial charge on any atom is -0.480 e. The van der Waals surface area contributed by atoms with E-state index >= 15 is 0 Å². The highest BCUT2D eigenvalue weighted by Gasteiger charge is 2.14. The van der Waals surface area contributed by atoms with Crippen molar-refractivity contribution in [3.63, 3.8) is 0 Å². The van der Waals surface area contributed by atoms with Gasteiger partial charge in [-0.2, -0.15) is 4.98 Å².